The second kappa shape index (κ2) is 11.5. The van der Waals surface area contributed by atoms with Crippen molar-refractivity contribution in [2.24, 2.45) is 5.92 Å². The summed E-state index contributed by atoms with van der Waals surface area (Å²) in [4.78, 5) is 26.0. The molecule has 0 fully saturated rings. The van der Waals surface area contributed by atoms with E-state index in [-0.39, 0.29) is 17.3 Å². The molecule has 2 aromatic rings. The standard InChI is InChI=1S/C29H40O4/c1-9-12-21-13-15-22(16-14-21)27(30)33-26-20(6)17-23(29(7,8)10-2)18-24(26)25(19(4)5)28(31)32-11-3/h13-19,25H,9-12H2,1-8H3. The van der Waals surface area contributed by atoms with Crippen molar-refractivity contribution in [3.8, 4) is 5.75 Å². The van der Waals surface area contributed by atoms with Crippen molar-refractivity contribution in [1.29, 1.82) is 0 Å². The van der Waals surface area contributed by atoms with Crippen LogP contribution in [0.1, 0.15) is 99.8 Å². The fraction of sp³-hybridized carbons (Fsp3) is 0.517. The zero-order chi connectivity index (χ0) is 24.8. The third kappa shape index (κ3) is 6.46. The summed E-state index contributed by atoms with van der Waals surface area (Å²) in [5.74, 6) is -0.795. The van der Waals surface area contributed by atoms with E-state index in [4.69, 9.17) is 9.47 Å². The van der Waals surface area contributed by atoms with Gasteiger partial charge in [-0.25, -0.2) is 4.79 Å². The third-order valence-corrected chi connectivity index (χ3v) is 6.43. The number of aryl methyl sites for hydroxylation is 2. The van der Waals surface area contributed by atoms with Crippen molar-refractivity contribution >= 4 is 11.9 Å². The van der Waals surface area contributed by atoms with Gasteiger partial charge in [0, 0.05) is 5.56 Å². The minimum atomic E-state index is -0.522. The lowest BCUT2D eigenvalue weighted by atomic mass is 9.78. The van der Waals surface area contributed by atoms with Crippen LogP contribution in [0.3, 0.4) is 0 Å². The summed E-state index contributed by atoms with van der Waals surface area (Å²) in [5.41, 5.74) is 4.30. The average Bonchev–Trinajstić information content (AvgIpc) is 2.76. The van der Waals surface area contributed by atoms with E-state index in [1.165, 1.54) is 5.56 Å². The van der Waals surface area contributed by atoms with E-state index in [0.717, 1.165) is 36.0 Å². The first-order valence-electron chi connectivity index (χ1n) is 12.2. The Balaban J connectivity index is 2.57. The highest BCUT2D eigenvalue weighted by atomic mass is 16.5. The van der Waals surface area contributed by atoms with Gasteiger partial charge in [0.1, 0.15) is 5.75 Å². The van der Waals surface area contributed by atoms with Crippen LogP contribution in [0.2, 0.25) is 0 Å². The molecule has 0 aliphatic heterocycles. The first-order chi connectivity index (χ1) is 15.5. The Hall–Kier alpha value is -2.62. The molecule has 1 unspecified atom stereocenters. The fourth-order valence-corrected chi connectivity index (χ4v) is 4.00. The van der Waals surface area contributed by atoms with E-state index in [1.54, 1.807) is 6.92 Å². The third-order valence-electron chi connectivity index (χ3n) is 6.43. The van der Waals surface area contributed by atoms with Gasteiger partial charge in [0.2, 0.25) is 0 Å². The van der Waals surface area contributed by atoms with Crippen LogP contribution in [0.5, 0.6) is 5.75 Å². The van der Waals surface area contributed by atoms with Gasteiger partial charge >= 0.3 is 11.9 Å². The Bertz CT molecular complexity index is 954. The molecule has 2 aromatic carbocycles. The lowest BCUT2D eigenvalue weighted by molar-refractivity contribution is -0.146. The van der Waals surface area contributed by atoms with Crippen molar-refractivity contribution in [3.05, 3.63) is 64.2 Å². The van der Waals surface area contributed by atoms with Crippen molar-refractivity contribution in [1.82, 2.24) is 0 Å². The van der Waals surface area contributed by atoms with E-state index < -0.39 is 11.9 Å². The zero-order valence-corrected chi connectivity index (χ0v) is 21.6. The van der Waals surface area contributed by atoms with Gasteiger partial charge in [0.25, 0.3) is 0 Å². The van der Waals surface area contributed by atoms with Crippen LogP contribution in [0.15, 0.2) is 36.4 Å². The molecule has 0 heterocycles. The topological polar surface area (TPSA) is 52.6 Å². The highest BCUT2D eigenvalue weighted by Gasteiger charge is 2.32. The smallest absolute Gasteiger partial charge is 0.343 e. The molecule has 0 amide bonds. The van der Waals surface area contributed by atoms with Gasteiger partial charge in [-0.3, -0.25) is 4.79 Å². The zero-order valence-electron chi connectivity index (χ0n) is 21.6. The molecule has 0 N–H and O–H groups in total. The number of rotatable bonds is 10. The number of benzene rings is 2. The van der Waals surface area contributed by atoms with Crippen LogP contribution in [0.25, 0.3) is 0 Å². The molecule has 4 nitrogen and oxygen atoms in total. The SMILES string of the molecule is CCCc1ccc(C(=O)Oc2c(C)cc(C(C)(C)CC)cc2C(C(=O)OCC)C(C)C)cc1. The molecule has 0 aliphatic carbocycles. The summed E-state index contributed by atoms with van der Waals surface area (Å²) < 4.78 is 11.4. The number of carbonyl (C=O) groups is 2. The van der Waals surface area contributed by atoms with Gasteiger partial charge < -0.3 is 9.47 Å². The molecule has 0 bridgehead atoms. The van der Waals surface area contributed by atoms with Crippen LogP contribution >= 0.6 is 0 Å². The summed E-state index contributed by atoms with van der Waals surface area (Å²) in [6.07, 6.45) is 2.97. The van der Waals surface area contributed by atoms with E-state index in [2.05, 4.69) is 33.8 Å². The molecular formula is C29H40O4. The van der Waals surface area contributed by atoms with Crippen molar-refractivity contribution in [2.45, 2.75) is 86.0 Å². The van der Waals surface area contributed by atoms with Gasteiger partial charge in [-0.2, -0.15) is 0 Å². The van der Waals surface area contributed by atoms with Gasteiger partial charge in [0.15, 0.2) is 0 Å². The number of ether oxygens (including phenoxy) is 2. The molecule has 33 heavy (non-hydrogen) atoms. The predicted octanol–water partition coefficient (Wildman–Crippen LogP) is 7.16. The predicted molar refractivity (Wildman–Crippen MR) is 134 cm³/mol. The van der Waals surface area contributed by atoms with Gasteiger partial charge in [-0.05, 0) is 66.8 Å². The maximum Gasteiger partial charge on any atom is 0.343 e. The van der Waals surface area contributed by atoms with E-state index in [0.29, 0.717) is 17.9 Å². The lowest BCUT2D eigenvalue weighted by Crippen LogP contribution is -2.24. The molecule has 2 rings (SSSR count). The normalized spacial score (nSPS) is 12.5. The molecule has 0 saturated heterocycles. The van der Waals surface area contributed by atoms with Crippen LogP contribution in [0.4, 0.5) is 0 Å². The molecule has 180 valence electrons. The van der Waals surface area contributed by atoms with Crippen molar-refractivity contribution in [2.75, 3.05) is 6.61 Å². The van der Waals surface area contributed by atoms with Crippen LogP contribution < -0.4 is 4.74 Å². The minimum absolute atomic E-state index is 0.0192. The molecule has 0 spiro atoms. The van der Waals surface area contributed by atoms with Gasteiger partial charge in [0.05, 0.1) is 18.1 Å². The molecule has 0 aromatic heterocycles. The van der Waals surface area contributed by atoms with E-state index in [9.17, 15) is 9.59 Å². The maximum atomic E-state index is 13.1. The molecule has 1 atom stereocenters. The Morgan fingerprint density at radius 2 is 1.64 bits per heavy atom. The number of hydrogen-bond acceptors (Lipinski definition) is 4. The number of carbonyl (C=O) groups excluding carboxylic acids is 2. The second-order valence-electron chi connectivity index (χ2n) is 9.76. The average molecular weight is 453 g/mol. The Labute approximate surface area is 199 Å². The molecule has 0 aliphatic rings. The van der Waals surface area contributed by atoms with Crippen molar-refractivity contribution < 1.29 is 19.1 Å². The quantitative estimate of drug-likeness (QED) is 0.283. The van der Waals surface area contributed by atoms with Crippen LogP contribution in [0, 0.1) is 12.8 Å². The van der Waals surface area contributed by atoms with Gasteiger partial charge in [-0.15, -0.1) is 0 Å². The first-order valence-corrected chi connectivity index (χ1v) is 12.2. The molecule has 0 radical (unpaired) electrons. The number of hydrogen-bond donors (Lipinski definition) is 0. The van der Waals surface area contributed by atoms with Crippen molar-refractivity contribution in [3.63, 3.8) is 0 Å². The summed E-state index contributed by atoms with van der Waals surface area (Å²) >= 11 is 0. The monoisotopic (exact) mass is 452 g/mol. The maximum absolute atomic E-state index is 13.1. The summed E-state index contributed by atoms with van der Waals surface area (Å²) in [6, 6.07) is 11.7. The highest BCUT2D eigenvalue weighted by molar-refractivity contribution is 5.92. The molecule has 0 saturated carbocycles. The highest BCUT2D eigenvalue weighted by Crippen LogP contribution is 2.40. The Kier molecular flexibility index (Phi) is 9.27. The lowest BCUT2D eigenvalue weighted by Gasteiger charge is -2.29. The number of esters is 2. The molecule has 4 heteroatoms. The van der Waals surface area contributed by atoms with E-state index >= 15 is 0 Å². The summed E-state index contributed by atoms with van der Waals surface area (Å²) in [6.45, 7) is 16.7. The summed E-state index contributed by atoms with van der Waals surface area (Å²) in [7, 11) is 0. The minimum Gasteiger partial charge on any atom is -0.466 e. The van der Waals surface area contributed by atoms with Gasteiger partial charge in [-0.1, -0.05) is 72.2 Å². The first kappa shape index (κ1) is 26.6. The Morgan fingerprint density at radius 1 is 1.00 bits per heavy atom. The summed E-state index contributed by atoms with van der Waals surface area (Å²) in [5, 5.41) is 0. The molecular weight excluding hydrogens is 412 g/mol. The second-order valence-corrected chi connectivity index (χ2v) is 9.76. The fourth-order valence-electron chi connectivity index (χ4n) is 4.00. The largest absolute Gasteiger partial charge is 0.466 e. The van der Waals surface area contributed by atoms with E-state index in [1.807, 2.05) is 51.1 Å². The van der Waals surface area contributed by atoms with Crippen LogP contribution in [-0.2, 0) is 21.4 Å². The van der Waals surface area contributed by atoms with Crippen LogP contribution in [-0.4, -0.2) is 18.5 Å². The Morgan fingerprint density at radius 3 is 2.15 bits per heavy atom.